The summed E-state index contributed by atoms with van der Waals surface area (Å²) in [5, 5.41) is 5.84. The maximum atomic E-state index is 12.2. The molecule has 1 amide bonds. The van der Waals surface area contributed by atoms with E-state index in [1.165, 1.54) is 5.06 Å². The molecule has 0 bridgehead atoms. The molecule has 0 saturated carbocycles. The zero-order valence-corrected chi connectivity index (χ0v) is 10.5. The Hall–Kier alpha value is -1.36. The normalized spacial score (nSPS) is 16.2. The Morgan fingerprint density at radius 1 is 1.47 bits per heavy atom. The predicted molar refractivity (Wildman–Crippen MR) is 63.5 cm³/mol. The van der Waals surface area contributed by atoms with Gasteiger partial charge < -0.3 is 0 Å². The van der Waals surface area contributed by atoms with Crippen LogP contribution >= 0.6 is 0 Å². The van der Waals surface area contributed by atoms with Gasteiger partial charge in [0.15, 0.2) is 0 Å². The molecule has 0 atom stereocenters. The summed E-state index contributed by atoms with van der Waals surface area (Å²) in [5.41, 5.74) is 1.58. The lowest BCUT2D eigenvalue weighted by Crippen LogP contribution is -2.36. The Bertz CT molecular complexity index is 394. The lowest BCUT2D eigenvalue weighted by Gasteiger charge is -2.25. The van der Waals surface area contributed by atoms with Crippen LogP contribution < -0.4 is 0 Å². The fourth-order valence-electron chi connectivity index (χ4n) is 1.94. The van der Waals surface area contributed by atoms with Gasteiger partial charge in [0.2, 0.25) is 0 Å². The molecule has 94 valence electrons. The Kier molecular flexibility index (Phi) is 3.78. The summed E-state index contributed by atoms with van der Waals surface area (Å²) in [4.78, 5) is 17.6. The topological polar surface area (TPSA) is 47.4 Å². The monoisotopic (exact) mass is 237 g/mol. The molecule has 0 N–H and O–H groups in total. The number of nitrogens with zero attached hydrogens (tertiary/aromatic N) is 3. The molecule has 5 heteroatoms. The summed E-state index contributed by atoms with van der Waals surface area (Å²) in [5.74, 6) is -0.0706. The number of carbonyl (C=O) groups is 1. The third-order valence-electron chi connectivity index (χ3n) is 2.94. The fourth-order valence-corrected chi connectivity index (χ4v) is 1.94. The van der Waals surface area contributed by atoms with Gasteiger partial charge in [0.25, 0.3) is 5.91 Å². The molecule has 2 rings (SSSR count). The molecular formula is C12H19N3O2. The van der Waals surface area contributed by atoms with Crippen LogP contribution in [-0.4, -0.2) is 33.9 Å². The van der Waals surface area contributed by atoms with Crippen molar-refractivity contribution in [2.75, 3.05) is 13.2 Å². The smallest absolute Gasteiger partial charge is 0.271 e. The van der Waals surface area contributed by atoms with Crippen LogP contribution in [0.1, 0.15) is 42.9 Å². The van der Waals surface area contributed by atoms with Crippen LogP contribution in [0.4, 0.5) is 0 Å². The molecule has 0 aliphatic carbocycles. The van der Waals surface area contributed by atoms with Crippen molar-refractivity contribution < 1.29 is 9.63 Å². The molecular weight excluding hydrogens is 218 g/mol. The van der Waals surface area contributed by atoms with Gasteiger partial charge in [-0.1, -0.05) is 6.92 Å². The molecule has 0 unspecified atom stereocenters. The van der Waals surface area contributed by atoms with E-state index in [0.717, 1.165) is 25.0 Å². The average molecular weight is 237 g/mol. The number of aromatic nitrogens is 2. The van der Waals surface area contributed by atoms with Crippen molar-refractivity contribution in [3.63, 3.8) is 0 Å². The number of aryl methyl sites for hydroxylation is 2. The minimum absolute atomic E-state index is 0.0706. The highest BCUT2D eigenvalue weighted by atomic mass is 16.7. The number of hydrogen-bond donors (Lipinski definition) is 0. The number of hydrogen-bond acceptors (Lipinski definition) is 3. The van der Waals surface area contributed by atoms with Crippen molar-refractivity contribution in [2.24, 2.45) is 0 Å². The van der Waals surface area contributed by atoms with Crippen LogP contribution in [0, 0.1) is 0 Å². The number of hydroxylamine groups is 2. The van der Waals surface area contributed by atoms with Gasteiger partial charge >= 0.3 is 0 Å². The number of amides is 1. The van der Waals surface area contributed by atoms with E-state index < -0.39 is 0 Å². The Morgan fingerprint density at radius 2 is 2.29 bits per heavy atom. The molecule has 0 radical (unpaired) electrons. The van der Waals surface area contributed by atoms with Gasteiger partial charge in [0.1, 0.15) is 5.69 Å². The molecule has 1 saturated heterocycles. The largest absolute Gasteiger partial charge is 0.295 e. The minimum atomic E-state index is -0.0706. The first-order chi connectivity index (χ1) is 8.26. The van der Waals surface area contributed by atoms with Crippen LogP contribution in [0.15, 0.2) is 6.07 Å². The maximum Gasteiger partial charge on any atom is 0.295 e. The maximum absolute atomic E-state index is 12.2. The molecule has 5 nitrogen and oxygen atoms in total. The van der Waals surface area contributed by atoms with E-state index >= 15 is 0 Å². The van der Waals surface area contributed by atoms with Gasteiger partial charge in [-0.05, 0) is 32.3 Å². The molecule has 0 aromatic carbocycles. The van der Waals surface area contributed by atoms with Gasteiger partial charge in [-0.2, -0.15) is 5.10 Å². The van der Waals surface area contributed by atoms with E-state index in [0.29, 0.717) is 25.4 Å². The van der Waals surface area contributed by atoms with Crippen LogP contribution in [0.3, 0.4) is 0 Å². The third-order valence-corrected chi connectivity index (χ3v) is 2.94. The highest BCUT2D eigenvalue weighted by molar-refractivity contribution is 5.92. The second-order valence-corrected chi connectivity index (χ2v) is 4.14. The summed E-state index contributed by atoms with van der Waals surface area (Å²) < 4.78 is 1.75. The summed E-state index contributed by atoms with van der Waals surface area (Å²) in [7, 11) is 0. The lowest BCUT2D eigenvalue weighted by atomic mass is 10.2. The highest BCUT2D eigenvalue weighted by Crippen LogP contribution is 2.13. The molecule has 1 aromatic heterocycles. The summed E-state index contributed by atoms with van der Waals surface area (Å²) in [6.45, 7) is 6.03. The SMILES string of the molecule is CCc1cc(C(=O)N2CCCCO2)n(CC)n1. The van der Waals surface area contributed by atoms with Crippen LogP contribution in [-0.2, 0) is 17.8 Å². The van der Waals surface area contributed by atoms with E-state index in [1.54, 1.807) is 4.68 Å². The van der Waals surface area contributed by atoms with E-state index in [4.69, 9.17) is 4.84 Å². The van der Waals surface area contributed by atoms with Gasteiger partial charge in [0, 0.05) is 13.1 Å². The van der Waals surface area contributed by atoms with Gasteiger partial charge in [-0.25, -0.2) is 5.06 Å². The molecule has 1 aliphatic heterocycles. The second kappa shape index (κ2) is 5.31. The first-order valence-corrected chi connectivity index (χ1v) is 6.27. The van der Waals surface area contributed by atoms with Gasteiger partial charge in [-0.3, -0.25) is 14.3 Å². The van der Waals surface area contributed by atoms with E-state index in [1.807, 2.05) is 19.9 Å². The van der Waals surface area contributed by atoms with Crippen molar-refractivity contribution in [1.82, 2.24) is 14.8 Å². The highest BCUT2D eigenvalue weighted by Gasteiger charge is 2.23. The van der Waals surface area contributed by atoms with Crippen molar-refractivity contribution >= 4 is 5.91 Å². The fraction of sp³-hybridized carbons (Fsp3) is 0.667. The standard InChI is InChI=1S/C12H19N3O2/c1-3-10-9-11(14(4-2)13-10)12(16)15-7-5-6-8-17-15/h9H,3-8H2,1-2H3. The van der Waals surface area contributed by atoms with Crippen LogP contribution in [0.2, 0.25) is 0 Å². The van der Waals surface area contributed by atoms with Crippen LogP contribution in [0.5, 0.6) is 0 Å². The zero-order chi connectivity index (χ0) is 12.3. The van der Waals surface area contributed by atoms with E-state index in [9.17, 15) is 4.79 Å². The Labute approximate surface area is 101 Å². The molecule has 0 spiro atoms. The first-order valence-electron chi connectivity index (χ1n) is 6.27. The molecule has 1 fully saturated rings. The van der Waals surface area contributed by atoms with Gasteiger partial charge in [-0.15, -0.1) is 0 Å². The zero-order valence-electron chi connectivity index (χ0n) is 10.5. The van der Waals surface area contributed by atoms with Gasteiger partial charge in [0.05, 0.1) is 12.3 Å². The van der Waals surface area contributed by atoms with E-state index in [2.05, 4.69) is 5.10 Å². The Morgan fingerprint density at radius 3 is 2.88 bits per heavy atom. The quantitative estimate of drug-likeness (QED) is 0.802. The summed E-state index contributed by atoms with van der Waals surface area (Å²) in [6, 6.07) is 1.86. The van der Waals surface area contributed by atoms with Crippen molar-refractivity contribution in [1.29, 1.82) is 0 Å². The predicted octanol–water partition coefficient (Wildman–Crippen LogP) is 1.63. The second-order valence-electron chi connectivity index (χ2n) is 4.14. The van der Waals surface area contributed by atoms with E-state index in [-0.39, 0.29) is 5.91 Å². The van der Waals surface area contributed by atoms with Crippen molar-refractivity contribution in [2.45, 2.75) is 39.7 Å². The third kappa shape index (κ3) is 2.49. The van der Waals surface area contributed by atoms with Crippen LogP contribution in [0.25, 0.3) is 0 Å². The summed E-state index contributed by atoms with van der Waals surface area (Å²) >= 11 is 0. The molecule has 1 aliphatic rings. The lowest BCUT2D eigenvalue weighted by molar-refractivity contribution is -0.144. The number of rotatable bonds is 3. The van der Waals surface area contributed by atoms with Crippen molar-refractivity contribution in [3.8, 4) is 0 Å². The van der Waals surface area contributed by atoms with Crippen molar-refractivity contribution in [3.05, 3.63) is 17.5 Å². The number of carbonyl (C=O) groups excluding carboxylic acids is 1. The first kappa shape index (κ1) is 12.1. The Balaban J connectivity index is 2.19. The molecule has 17 heavy (non-hydrogen) atoms. The summed E-state index contributed by atoms with van der Waals surface area (Å²) in [6.07, 6.45) is 2.87. The average Bonchev–Trinajstić information content (AvgIpc) is 2.82. The molecule has 2 heterocycles. The molecule has 1 aromatic rings. The minimum Gasteiger partial charge on any atom is -0.271 e.